The summed E-state index contributed by atoms with van der Waals surface area (Å²) in [5, 5.41) is 2.05. The second kappa shape index (κ2) is 11.2. The van der Waals surface area contributed by atoms with Gasteiger partial charge in [0.25, 0.3) is 18.4 Å². The number of methoxy groups -OCH3 is 1. The maximum atomic E-state index is 13.1. The summed E-state index contributed by atoms with van der Waals surface area (Å²) >= 11 is 0. The van der Waals surface area contributed by atoms with E-state index in [1.54, 1.807) is 31.4 Å². The maximum Gasteiger partial charge on any atom is 0.297 e. The van der Waals surface area contributed by atoms with Gasteiger partial charge in [-0.25, -0.2) is 0 Å². The Bertz CT molecular complexity index is 1220. The van der Waals surface area contributed by atoms with Crippen LogP contribution in [0.5, 0.6) is 0 Å². The van der Waals surface area contributed by atoms with Gasteiger partial charge in [0, 0.05) is 13.5 Å². The molecular weight excluding hydrogens is 504 g/mol. The first kappa shape index (κ1) is 27.7. The van der Waals surface area contributed by atoms with Gasteiger partial charge in [0.2, 0.25) is 0 Å². The summed E-state index contributed by atoms with van der Waals surface area (Å²) in [6.07, 6.45) is -1.65. The quantitative estimate of drug-likeness (QED) is 0.296. The molecule has 0 amide bonds. The predicted octanol–water partition coefficient (Wildman–Crippen LogP) is 4.41. The monoisotopic (exact) mass is 540 g/mol. The van der Waals surface area contributed by atoms with Gasteiger partial charge < -0.3 is 13.9 Å². The van der Waals surface area contributed by atoms with E-state index in [4.69, 9.17) is 18.1 Å². The van der Waals surface area contributed by atoms with Crippen LogP contribution in [0.25, 0.3) is 0 Å². The second-order valence-electron chi connectivity index (χ2n) is 10.5. The van der Waals surface area contributed by atoms with Gasteiger partial charge in [-0.05, 0) is 34.5 Å². The fourth-order valence-electron chi connectivity index (χ4n) is 4.97. The van der Waals surface area contributed by atoms with Gasteiger partial charge in [-0.15, -0.1) is 0 Å². The van der Waals surface area contributed by atoms with Crippen molar-refractivity contribution in [2.45, 2.75) is 62.5 Å². The van der Waals surface area contributed by atoms with E-state index in [1.807, 2.05) is 43.3 Å². The zero-order valence-electron chi connectivity index (χ0n) is 22.1. The highest BCUT2D eigenvalue weighted by Gasteiger charge is 2.51. The van der Waals surface area contributed by atoms with Crippen LogP contribution in [0.4, 0.5) is 0 Å². The molecule has 0 N–H and O–H groups in total. The molecule has 1 saturated heterocycles. The van der Waals surface area contributed by atoms with E-state index in [0.717, 1.165) is 15.9 Å². The van der Waals surface area contributed by atoms with Crippen molar-refractivity contribution >= 4 is 28.8 Å². The van der Waals surface area contributed by atoms with Crippen molar-refractivity contribution < 1.29 is 26.5 Å². The highest BCUT2D eigenvalue weighted by Crippen LogP contribution is 2.38. The van der Waals surface area contributed by atoms with Crippen molar-refractivity contribution in [3.8, 4) is 0 Å². The zero-order chi connectivity index (χ0) is 26.7. The summed E-state index contributed by atoms with van der Waals surface area (Å²) in [7, 11) is -5.28. The van der Waals surface area contributed by atoms with Crippen LogP contribution in [0.3, 0.4) is 0 Å². The summed E-state index contributed by atoms with van der Waals surface area (Å²) in [5.41, 5.74) is 0.971. The first-order valence-corrected chi connectivity index (χ1v) is 15.8. The van der Waals surface area contributed by atoms with E-state index in [1.165, 1.54) is 0 Å². The molecule has 37 heavy (non-hydrogen) atoms. The van der Waals surface area contributed by atoms with E-state index >= 15 is 0 Å². The minimum Gasteiger partial charge on any atom is -0.405 e. The average molecular weight is 541 g/mol. The van der Waals surface area contributed by atoms with Gasteiger partial charge >= 0.3 is 0 Å². The third-order valence-electron chi connectivity index (χ3n) is 6.87. The molecule has 0 bridgehead atoms. The molecule has 0 radical (unpaired) electrons. The van der Waals surface area contributed by atoms with Crippen molar-refractivity contribution in [3.63, 3.8) is 0 Å². The van der Waals surface area contributed by atoms with Crippen molar-refractivity contribution in [2.75, 3.05) is 13.7 Å². The van der Waals surface area contributed by atoms with Crippen LogP contribution in [-0.4, -0.2) is 48.9 Å². The topological polar surface area (TPSA) is 71.1 Å². The van der Waals surface area contributed by atoms with Crippen LogP contribution < -0.4 is 10.4 Å². The van der Waals surface area contributed by atoms with E-state index in [0.29, 0.717) is 0 Å². The van der Waals surface area contributed by atoms with Crippen molar-refractivity contribution in [2.24, 2.45) is 0 Å². The van der Waals surface area contributed by atoms with Crippen molar-refractivity contribution in [1.82, 2.24) is 0 Å². The SMILES string of the molecule is COC1C[C@H](OS(=O)(=O)c2ccc(C)cc2)[C@@H](CO[Si](c2ccccc2)(c2ccccc2)C(C)(C)C)O1. The van der Waals surface area contributed by atoms with Crippen molar-refractivity contribution in [3.05, 3.63) is 90.5 Å². The van der Waals surface area contributed by atoms with Gasteiger partial charge in [-0.3, -0.25) is 4.18 Å². The van der Waals surface area contributed by atoms with Crippen LogP contribution in [-0.2, 0) is 28.2 Å². The van der Waals surface area contributed by atoms with Crippen LogP contribution >= 0.6 is 0 Å². The van der Waals surface area contributed by atoms with E-state index < -0.39 is 36.9 Å². The fourth-order valence-corrected chi connectivity index (χ4v) is 10.6. The zero-order valence-corrected chi connectivity index (χ0v) is 23.9. The Morgan fingerprint density at radius 2 is 1.43 bits per heavy atom. The average Bonchev–Trinajstić information content (AvgIpc) is 3.26. The first-order valence-electron chi connectivity index (χ1n) is 12.5. The molecule has 0 aromatic heterocycles. The van der Waals surface area contributed by atoms with Gasteiger partial charge in [0.15, 0.2) is 6.29 Å². The Hall–Kier alpha value is -2.33. The Labute approximate surface area is 221 Å². The lowest BCUT2D eigenvalue weighted by molar-refractivity contribution is -0.124. The lowest BCUT2D eigenvalue weighted by Gasteiger charge is -2.43. The van der Waals surface area contributed by atoms with E-state index in [-0.39, 0.29) is 23.0 Å². The summed E-state index contributed by atoms with van der Waals surface area (Å²) in [6.45, 7) is 8.66. The number of rotatable bonds is 9. The Morgan fingerprint density at radius 1 is 0.892 bits per heavy atom. The van der Waals surface area contributed by atoms with Crippen LogP contribution in [0.2, 0.25) is 5.04 Å². The summed E-state index contributed by atoms with van der Waals surface area (Å²) in [4.78, 5) is 0.116. The maximum absolute atomic E-state index is 13.1. The molecular formula is C29H36O6SSi. The fraction of sp³-hybridized carbons (Fsp3) is 0.379. The molecule has 198 valence electrons. The lowest BCUT2D eigenvalue weighted by atomic mass is 10.2. The smallest absolute Gasteiger partial charge is 0.297 e. The lowest BCUT2D eigenvalue weighted by Crippen LogP contribution is -2.67. The van der Waals surface area contributed by atoms with Gasteiger partial charge in [0.05, 0.1) is 11.5 Å². The molecule has 3 aromatic carbocycles. The molecule has 1 fully saturated rings. The van der Waals surface area contributed by atoms with Crippen LogP contribution in [0.15, 0.2) is 89.8 Å². The minimum absolute atomic E-state index is 0.116. The highest BCUT2D eigenvalue weighted by atomic mass is 32.2. The van der Waals surface area contributed by atoms with Gasteiger partial charge in [0.1, 0.15) is 12.2 Å². The molecule has 1 aliphatic heterocycles. The summed E-state index contributed by atoms with van der Waals surface area (Å²) in [6, 6.07) is 27.2. The molecule has 0 spiro atoms. The van der Waals surface area contributed by atoms with E-state index in [9.17, 15) is 8.42 Å². The molecule has 1 unspecified atom stereocenters. The van der Waals surface area contributed by atoms with Crippen LogP contribution in [0.1, 0.15) is 32.8 Å². The van der Waals surface area contributed by atoms with Crippen molar-refractivity contribution in [1.29, 1.82) is 0 Å². The highest BCUT2D eigenvalue weighted by molar-refractivity contribution is 7.86. The predicted molar refractivity (Wildman–Crippen MR) is 147 cm³/mol. The molecule has 8 heteroatoms. The normalized spacial score (nSPS) is 20.7. The Balaban J connectivity index is 1.66. The largest absolute Gasteiger partial charge is 0.405 e. The number of hydrogen-bond acceptors (Lipinski definition) is 6. The summed E-state index contributed by atoms with van der Waals surface area (Å²) < 4.78 is 50.4. The standard InChI is InChI=1S/C29H36O6SSi/c1-22-16-18-23(19-17-22)36(30,31)35-26-20-28(32-5)34-27(26)21-33-37(29(2,3)4,24-12-8-6-9-13-24)25-14-10-7-11-15-25/h6-19,26-28H,20-21H2,1-5H3/t26-,27+,28?/m0/s1. The number of hydrogen-bond donors (Lipinski definition) is 0. The molecule has 3 atom stereocenters. The van der Waals surface area contributed by atoms with Gasteiger partial charge in [-0.1, -0.05) is 99.1 Å². The van der Waals surface area contributed by atoms with E-state index in [2.05, 4.69) is 45.0 Å². The van der Waals surface area contributed by atoms with Crippen LogP contribution in [0, 0.1) is 6.92 Å². The second-order valence-corrected chi connectivity index (χ2v) is 16.3. The number of ether oxygens (including phenoxy) is 2. The minimum atomic E-state index is -3.99. The molecule has 4 rings (SSSR count). The van der Waals surface area contributed by atoms with Gasteiger partial charge in [-0.2, -0.15) is 8.42 Å². The summed E-state index contributed by atoms with van der Waals surface area (Å²) in [5.74, 6) is 0. The molecule has 1 heterocycles. The number of aryl methyl sites for hydroxylation is 1. The Kier molecular flexibility index (Phi) is 8.37. The molecule has 1 aliphatic rings. The molecule has 0 saturated carbocycles. The first-order chi connectivity index (χ1) is 17.6. The third kappa shape index (κ3) is 5.90. The number of benzene rings is 3. The Morgan fingerprint density at radius 3 is 1.92 bits per heavy atom. The molecule has 0 aliphatic carbocycles. The third-order valence-corrected chi connectivity index (χ3v) is 13.2. The molecule has 3 aromatic rings. The molecule has 6 nitrogen and oxygen atoms in total.